The van der Waals surface area contributed by atoms with Gasteiger partial charge in [-0.3, -0.25) is 10.1 Å². The molecule has 0 aliphatic rings. The molecule has 0 unspecified atom stereocenters. The second-order valence-electron chi connectivity index (χ2n) is 4.46. The van der Waals surface area contributed by atoms with E-state index in [1.165, 1.54) is 0 Å². The molecule has 1 heterocycles. The highest BCUT2D eigenvalue weighted by Gasteiger charge is 2.10. The van der Waals surface area contributed by atoms with E-state index < -0.39 is 0 Å². The van der Waals surface area contributed by atoms with Crippen LogP contribution < -0.4 is 15.4 Å². The summed E-state index contributed by atoms with van der Waals surface area (Å²) in [7, 11) is 1.55. The Kier molecular flexibility index (Phi) is 5.67. The Hall–Kier alpha value is -1.74. The number of hydrogen-bond donors (Lipinski definition) is 2. The van der Waals surface area contributed by atoms with Gasteiger partial charge < -0.3 is 10.1 Å². The highest BCUT2D eigenvalue weighted by Crippen LogP contribution is 2.15. The van der Waals surface area contributed by atoms with Crippen molar-refractivity contribution in [2.45, 2.75) is 6.92 Å². The summed E-state index contributed by atoms with van der Waals surface area (Å²) in [6.07, 6.45) is 1.72. The van der Waals surface area contributed by atoms with E-state index in [4.69, 9.17) is 17.0 Å². The molecule has 0 aliphatic heterocycles. The van der Waals surface area contributed by atoms with E-state index in [0.29, 0.717) is 17.1 Å². The molecule has 1 aromatic carbocycles. The maximum Gasteiger partial charge on any atom is 0.257 e. The minimum Gasteiger partial charge on any atom is -0.497 e. The van der Waals surface area contributed by atoms with Crippen molar-refractivity contribution in [2.75, 3.05) is 12.4 Å². The van der Waals surface area contributed by atoms with Crippen LogP contribution >= 0.6 is 34.8 Å². The lowest BCUT2D eigenvalue weighted by Gasteiger charge is -2.11. The molecule has 7 heteroatoms. The zero-order chi connectivity index (χ0) is 16.1. The number of amides is 1. The standard InChI is InChI=1S/C15H14IN3O2S/c1-9-6-11(16)8-17-13(9)18-15(22)19-14(20)10-4-3-5-12(7-10)21-2/h3-8H,1-2H3,(H2,17,18,19,20,22). The zero-order valence-corrected chi connectivity index (χ0v) is 15.0. The molecule has 22 heavy (non-hydrogen) atoms. The van der Waals surface area contributed by atoms with Crippen molar-refractivity contribution < 1.29 is 9.53 Å². The number of nitrogens with one attached hydrogen (secondary N) is 2. The van der Waals surface area contributed by atoms with Crippen LogP contribution in [0.3, 0.4) is 0 Å². The second kappa shape index (κ2) is 7.50. The lowest BCUT2D eigenvalue weighted by atomic mass is 10.2. The van der Waals surface area contributed by atoms with Crippen LogP contribution in [0.4, 0.5) is 5.82 Å². The van der Waals surface area contributed by atoms with E-state index in [1.54, 1.807) is 37.6 Å². The van der Waals surface area contributed by atoms with Gasteiger partial charge in [0, 0.05) is 15.3 Å². The van der Waals surface area contributed by atoms with Crippen LogP contribution in [0.2, 0.25) is 0 Å². The Labute approximate surface area is 147 Å². The van der Waals surface area contributed by atoms with Crippen LogP contribution in [-0.2, 0) is 0 Å². The number of halogens is 1. The maximum absolute atomic E-state index is 12.1. The minimum atomic E-state index is -0.306. The number of rotatable bonds is 3. The molecule has 0 saturated heterocycles. The first kappa shape index (κ1) is 16.6. The predicted octanol–water partition coefficient (Wildman–Crippen LogP) is 3.13. The number of aromatic nitrogens is 1. The smallest absolute Gasteiger partial charge is 0.257 e. The topological polar surface area (TPSA) is 63.2 Å². The molecule has 0 saturated carbocycles. The summed E-state index contributed by atoms with van der Waals surface area (Å²) in [5.41, 5.74) is 1.42. The van der Waals surface area contributed by atoms with E-state index in [-0.39, 0.29) is 11.0 Å². The highest BCUT2D eigenvalue weighted by atomic mass is 127. The summed E-state index contributed by atoms with van der Waals surface area (Å²) in [5.74, 6) is 0.928. The van der Waals surface area contributed by atoms with Gasteiger partial charge in [0.1, 0.15) is 11.6 Å². The first-order valence-corrected chi connectivity index (χ1v) is 7.87. The fraction of sp³-hybridized carbons (Fsp3) is 0.133. The van der Waals surface area contributed by atoms with Crippen molar-refractivity contribution in [3.8, 4) is 5.75 Å². The quantitative estimate of drug-likeness (QED) is 0.582. The van der Waals surface area contributed by atoms with Gasteiger partial charge in [-0.2, -0.15) is 0 Å². The summed E-state index contributed by atoms with van der Waals surface area (Å²) in [6.45, 7) is 1.92. The normalized spacial score (nSPS) is 9.95. The van der Waals surface area contributed by atoms with Gasteiger partial charge in [0.05, 0.1) is 7.11 Å². The summed E-state index contributed by atoms with van der Waals surface area (Å²) < 4.78 is 6.13. The van der Waals surface area contributed by atoms with Gasteiger partial charge in [-0.05, 0) is 71.6 Å². The number of nitrogens with zero attached hydrogens (tertiary/aromatic N) is 1. The molecule has 114 valence electrons. The summed E-state index contributed by atoms with van der Waals surface area (Å²) in [6, 6.07) is 8.82. The number of carbonyl (C=O) groups excluding carboxylic acids is 1. The second-order valence-corrected chi connectivity index (χ2v) is 6.11. The number of methoxy groups -OCH3 is 1. The molecular weight excluding hydrogens is 413 g/mol. The molecular formula is C15H14IN3O2S. The third-order valence-electron chi connectivity index (χ3n) is 2.84. The van der Waals surface area contributed by atoms with Crippen molar-refractivity contribution in [1.29, 1.82) is 0 Å². The molecule has 1 amide bonds. The molecule has 2 aromatic rings. The fourth-order valence-corrected chi connectivity index (χ4v) is 2.55. The zero-order valence-electron chi connectivity index (χ0n) is 12.0. The third-order valence-corrected chi connectivity index (χ3v) is 3.63. The first-order valence-electron chi connectivity index (χ1n) is 6.38. The van der Waals surface area contributed by atoms with E-state index in [9.17, 15) is 4.79 Å². The summed E-state index contributed by atoms with van der Waals surface area (Å²) >= 11 is 7.34. The minimum absolute atomic E-state index is 0.199. The number of hydrogen-bond acceptors (Lipinski definition) is 4. The van der Waals surface area contributed by atoms with E-state index in [1.807, 2.05) is 13.0 Å². The SMILES string of the molecule is COc1cccc(C(=O)NC(=S)Nc2ncc(I)cc2C)c1. The average molecular weight is 427 g/mol. The lowest BCUT2D eigenvalue weighted by Crippen LogP contribution is -2.34. The average Bonchev–Trinajstić information content (AvgIpc) is 2.50. The Balaban J connectivity index is 2.03. The first-order chi connectivity index (χ1) is 10.5. The van der Waals surface area contributed by atoms with Crippen molar-refractivity contribution in [2.24, 2.45) is 0 Å². The van der Waals surface area contributed by atoms with Crippen molar-refractivity contribution in [3.05, 3.63) is 51.2 Å². The fourth-order valence-electron chi connectivity index (χ4n) is 1.75. The molecule has 0 spiro atoms. The van der Waals surface area contributed by atoms with Crippen LogP contribution in [0.25, 0.3) is 0 Å². The van der Waals surface area contributed by atoms with E-state index in [2.05, 4.69) is 38.2 Å². The Bertz CT molecular complexity index is 722. The van der Waals surface area contributed by atoms with Gasteiger partial charge in [0.2, 0.25) is 0 Å². The maximum atomic E-state index is 12.1. The highest BCUT2D eigenvalue weighted by molar-refractivity contribution is 14.1. The van der Waals surface area contributed by atoms with Gasteiger partial charge >= 0.3 is 0 Å². The Morgan fingerprint density at radius 3 is 2.82 bits per heavy atom. The number of ether oxygens (including phenoxy) is 1. The molecule has 5 nitrogen and oxygen atoms in total. The number of benzene rings is 1. The van der Waals surface area contributed by atoms with Crippen LogP contribution in [-0.4, -0.2) is 23.1 Å². The van der Waals surface area contributed by atoms with Gasteiger partial charge in [-0.25, -0.2) is 4.98 Å². The molecule has 0 aliphatic carbocycles. The monoisotopic (exact) mass is 427 g/mol. The number of aryl methyl sites for hydroxylation is 1. The van der Waals surface area contributed by atoms with Crippen LogP contribution in [0.5, 0.6) is 5.75 Å². The van der Waals surface area contributed by atoms with E-state index in [0.717, 1.165) is 9.13 Å². The molecule has 0 radical (unpaired) electrons. The third kappa shape index (κ3) is 4.38. The number of thiocarbonyl (C=S) groups is 1. The van der Waals surface area contributed by atoms with Gasteiger partial charge in [0.25, 0.3) is 5.91 Å². The van der Waals surface area contributed by atoms with Crippen LogP contribution in [0.15, 0.2) is 36.5 Å². The molecule has 1 aromatic heterocycles. The largest absolute Gasteiger partial charge is 0.497 e. The molecule has 2 rings (SSSR count). The number of carbonyl (C=O) groups is 1. The summed E-state index contributed by atoms with van der Waals surface area (Å²) in [4.78, 5) is 16.4. The van der Waals surface area contributed by atoms with Crippen molar-refractivity contribution >= 4 is 51.6 Å². The van der Waals surface area contributed by atoms with Crippen LogP contribution in [0.1, 0.15) is 15.9 Å². The lowest BCUT2D eigenvalue weighted by molar-refractivity contribution is 0.0977. The Morgan fingerprint density at radius 1 is 1.36 bits per heavy atom. The van der Waals surface area contributed by atoms with E-state index >= 15 is 0 Å². The summed E-state index contributed by atoms with van der Waals surface area (Å²) in [5, 5.41) is 5.74. The molecule has 2 N–H and O–H groups in total. The molecule has 0 bridgehead atoms. The molecule has 0 atom stereocenters. The number of pyridine rings is 1. The van der Waals surface area contributed by atoms with Crippen molar-refractivity contribution in [3.63, 3.8) is 0 Å². The van der Waals surface area contributed by atoms with Crippen molar-refractivity contribution in [1.82, 2.24) is 10.3 Å². The van der Waals surface area contributed by atoms with Gasteiger partial charge in [-0.1, -0.05) is 6.07 Å². The number of anilines is 1. The Morgan fingerprint density at radius 2 is 2.14 bits per heavy atom. The predicted molar refractivity (Wildman–Crippen MR) is 98.4 cm³/mol. The van der Waals surface area contributed by atoms with Gasteiger partial charge in [-0.15, -0.1) is 0 Å². The molecule has 0 fully saturated rings. The van der Waals surface area contributed by atoms with Crippen LogP contribution in [0, 0.1) is 10.5 Å². The van der Waals surface area contributed by atoms with Gasteiger partial charge in [0.15, 0.2) is 5.11 Å².